The zero-order chi connectivity index (χ0) is 20.7. The van der Waals surface area contributed by atoms with E-state index in [4.69, 9.17) is 4.42 Å². The van der Waals surface area contributed by atoms with Crippen LogP contribution in [0.15, 0.2) is 33.9 Å². The molecule has 30 heavy (non-hydrogen) atoms. The van der Waals surface area contributed by atoms with Gasteiger partial charge in [0.05, 0.1) is 12.7 Å². The van der Waals surface area contributed by atoms with Crippen molar-refractivity contribution in [1.29, 1.82) is 0 Å². The molecule has 1 aliphatic rings. The molecule has 0 bridgehead atoms. The van der Waals surface area contributed by atoms with Gasteiger partial charge in [0.25, 0.3) is 0 Å². The van der Waals surface area contributed by atoms with E-state index in [1.165, 1.54) is 25.7 Å². The van der Waals surface area contributed by atoms with Gasteiger partial charge in [-0.2, -0.15) is 0 Å². The Morgan fingerprint density at radius 2 is 1.73 bits per heavy atom. The predicted molar refractivity (Wildman–Crippen MR) is 133 cm³/mol. The molecule has 2 aromatic heterocycles. The minimum absolute atomic E-state index is 0. The monoisotopic (exact) mass is 526 g/mol. The standard InChI is InChI=1S/C22H34N6O.HI/c1-22(2,3)18-15-25-20(29-18)16-27-21(23-4)26-14-17-9-10-19(24-13-17)28-11-7-5-6-8-12-28;/h9-10,13,15H,5-8,11-12,14,16H2,1-4H3,(H2,23,26,27);1H. The molecule has 0 radical (unpaired) electrons. The highest BCUT2D eigenvalue weighted by molar-refractivity contribution is 14.0. The van der Waals surface area contributed by atoms with E-state index >= 15 is 0 Å². The van der Waals surface area contributed by atoms with Crippen LogP contribution in [0, 0.1) is 0 Å². The molecule has 3 rings (SSSR count). The van der Waals surface area contributed by atoms with Crippen LogP contribution in [-0.2, 0) is 18.5 Å². The zero-order valence-electron chi connectivity index (χ0n) is 18.6. The highest BCUT2D eigenvalue weighted by Gasteiger charge is 2.19. The lowest BCUT2D eigenvalue weighted by molar-refractivity contribution is 0.379. The molecule has 0 amide bonds. The molecule has 0 aromatic carbocycles. The Bertz CT molecular complexity index is 789. The molecular weight excluding hydrogens is 491 g/mol. The van der Waals surface area contributed by atoms with Crippen LogP contribution in [0.5, 0.6) is 0 Å². The first kappa shape index (κ1) is 24.4. The summed E-state index contributed by atoms with van der Waals surface area (Å²) < 4.78 is 5.81. The molecule has 0 spiro atoms. The summed E-state index contributed by atoms with van der Waals surface area (Å²) in [5.41, 5.74) is 1.08. The second-order valence-electron chi connectivity index (χ2n) is 8.57. The van der Waals surface area contributed by atoms with Gasteiger partial charge in [0.1, 0.15) is 11.6 Å². The summed E-state index contributed by atoms with van der Waals surface area (Å²) in [6.07, 6.45) is 8.92. The average molecular weight is 526 g/mol. The van der Waals surface area contributed by atoms with Gasteiger partial charge in [-0.1, -0.05) is 39.7 Å². The minimum Gasteiger partial charge on any atom is -0.443 e. The molecule has 1 fully saturated rings. The van der Waals surface area contributed by atoms with Gasteiger partial charge in [0.15, 0.2) is 5.96 Å². The highest BCUT2D eigenvalue weighted by atomic mass is 127. The maximum Gasteiger partial charge on any atom is 0.213 e. The summed E-state index contributed by atoms with van der Waals surface area (Å²) in [5, 5.41) is 6.56. The predicted octanol–water partition coefficient (Wildman–Crippen LogP) is 4.23. The lowest BCUT2D eigenvalue weighted by Gasteiger charge is -2.21. The number of nitrogens with zero attached hydrogens (tertiary/aromatic N) is 4. The molecule has 166 valence electrons. The second-order valence-corrected chi connectivity index (χ2v) is 8.57. The molecule has 7 nitrogen and oxygen atoms in total. The highest BCUT2D eigenvalue weighted by Crippen LogP contribution is 2.22. The fraction of sp³-hybridized carbons (Fsp3) is 0.591. The quantitative estimate of drug-likeness (QED) is 0.345. The van der Waals surface area contributed by atoms with Crippen molar-refractivity contribution in [1.82, 2.24) is 20.6 Å². The molecule has 2 aromatic rings. The number of hydrogen-bond donors (Lipinski definition) is 2. The summed E-state index contributed by atoms with van der Waals surface area (Å²) >= 11 is 0. The van der Waals surface area contributed by atoms with E-state index in [9.17, 15) is 0 Å². The fourth-order valence-corrected chi connectivity index (χ4v) is 3.31. The summed E-state index contributed by atoms with van der Waals surface area (Å²) in [6, 6.07) is 4.26. The number of nitrogens with one attached hydrogen (secondary N) is 2. The Kier molecular flexibility index (Phi) is 9.38. The average Bonchev–Trinajstić information content (AvgIpc) is 3.03. The normalized spacial score (nSPS) is 15.3. The molecule has 8 heteroatoms. The molecular formula is C22H35IN6O. The van der Waals surface area contributed by atoms with Crippen LogP contribution in [0.1, 0.15) is 63.7 Å². The van der Waals surface area contributed by atoms with Crippen molar-refractivity contribution >= 4 is 35.8 Å². The van der Waals surface area contributed by atoms with Crippen molar-refractivity contribution in [2.24, 2.45) is 4.99 Å². The number of aromatic nitrogens is 2. The number of hydrogen-bond acceptors (Lipinski definition) is 5. The molecule has 0 atom stereocenters. The van der Waals surface area contributed by atoms with Gasteiger partial charge in [-0.3, -0.25) is 4.99 Å². The van der Waals surface area contributed by atoms with Gasteiger partial charge >= 0.3 is 0 Å². The van der Waals surface area contributed by atoms with Crippen LogP contribution in [0.3, 0.4) is 0 Å². The van der Waals surface area contributed by atoms with E-state index in [1.807, 2.05) is 6.20 Å². The number of guanidine groups is 1. The number of anilines is 1. The van der Waals surface area contributed by atoms with E-state index in [2.05, 4.69) is 63.4 Å². The Labute approximate surface area is 197 Å². The van der Waals surface area contributed by atoms with Crippen LogP contribution in [0.25, 0.3) is 0 Å². The molecule has 0 aliphatic carbocycles. The third-order valence-corrected chi connectivity index (χ3v) is 5.12. The number of aliphatic imine (C=N–C) groups is 1. The van der Waals surface area contributed by atoms with Crippen molar-refractivity contribution < 1.29 is 4.42 Å². The zero-order valence-corrected chi connectivity index (χ0v) is 20.9. The van der Waals surface area contributed by atoms with Gasteiger partial charge in [0.2, 0.25) is 5.89 Å². The van der Waals surface area contributed by atoms with Crippen molar-refractivity contribution in [3.63, 3.8) is 0 Å². The van der Waals surface area contributed by atoms with Crippen LogP contribution in [0.2, 0.25) is 0 Å². The van der Waals surface area contributed by atoms with Crippen molar-refractivity contribution in [3.8, 4) is 0 Å². The van der Waals surface area contributed by atoms with E-state index in [0.29, 0.717) is 24.9 Å². The molecule has 3 heterocycles. The summed E-state index contributed by atoms with van der Waals surface area (Å²) in [4.78, 5) is 15.7. The van der Waals surface area contributed by atoms with Crippen molar-refractivity contribution in [3.05, 3.63) is 41.7 Å². The van der Waals surface area contributed by atoms with Crippen LogP contribution >= 0.6 is 24.0 Å². The molecule has 1 saturated heterocycles. The fourth-order valence-electron chi connectivity index (χ4n) is 3.31. The SMILES string of the molecule is CN=C(NCc1ccc(N2CCCCCC2)nc1)NCc1ncc(C(C)(C)C)o1.I. The molecule has 1 aliphatic heterocycles. The third-order valence-electron chi connectivity index (χ3n) is 5.12. The van der Waals surface area contributed by atoms with Crippen LogP contribution in [0.4, 0.5) is 5.82 Å². The first-order valence-electron chi connectivity index (χ1n) is 10.6. The maximum atomic E-state index is 5.81. The van der Waals surface area contributed by atoms with E-state index in [0.717, 1.165) is 30.2 Å². The van der Waals surface area contributed by atoms with Crippen molar-refractivity contribution in [2.75, 3.05) is 25.0 Å². The summed E-state index contributed by atoms with van der Waals surface area (Å²) in [7, 11) is 1.76. The van der Waals surface area contributed by atoms with Gasteiger partial charge in [-0.15, -0.1) is 24.0 Å². The van der Waals surface area contributed by atoms with Gasteiger partial charge in [-0.05, 0) is 24.5 Å². The second kappa shape index (κ2) is 11.5. The summed E-state index contributed by atoms with van der Waals surface area (Å²) in [6.45, 7) is 9.69. The molecule has 0 saturated carbocycles. The molecule has 0 unspecified atom stereocenters. The largest absolute Gasteiger partial charge is 0.443 e. The lowest BCUT2D eigenvalue weighted by Crippen LogP contribution is -2.36. The lowest BCUT2D eigenvalue weighted by atomic mass is 9.94. The van der Waals surface area contributed by atoms with Crippen molar-refractivity contribution in [2.45, 2.75) is 65.0 Å². The van der Waals surface area contributed by atoms with Gasteiger partial charge in [-0.25, -0.2) is 9.97 Å². The number of rotatable bonds is 5. The first-order valence-corrected chi connectivity index (χ1v) is 10.6. The Balaban J connectivity index is 0.00000320. The van der Waals surface area contributed by atoms with Gasteiger partial charge in [0, 0.05) is 38.3 Å². The maximum absolute atomic E-state index is 5.81. The minimum atomic E-state index is -0.0440. The van der Waals surface area contributed by atoms with Crippen LogP contribution < -0.4 is 15.5 Å². The number of oxazole rings is 1. The first-order chi connectivity index (χ1) is 14.0. The van der Waals surface area contributed by atoms with E-state index in [1.54, 1.807) is 13.2 Å². The Morgan fingerprint density at radius 3 is 2.30 bits per heavy atom. The Morgan fingerprint density at radius 1 is 1.03 bits per heavy atom. The topological polar surface area (TPSA) is 78.6 Å². The number of pyridine rings is 1. The molecule has 2 N–H and O–H groups in total. The van der Waals surface area contributed by atoms with Gasteiger partial charge < -0.3 is 20.0 Å². The Hall–Kier alpha value is -1.84. The summed E-state index contributed by atoms with van der Waals surface area (Å²) in [5.74, 6) is 3.32. The smallest absolute Gasteiger partial charge is 0.213 e. The number of halogens is 1. The van der Waals surface area contributed by atoms with E-state index in [-0.39, 0.29) is 29.4 Å². The van der Waals surface area contributed by atoms with E-state index < -0.39 is 0 Å². The third kappa shape index (κ3) is 7.14. The van der Waals surface area contributed by atoms with Crippen LogP contribution in [-0.4, -0.2) is 36.1 Å².